The van der Waals surface area contributed by atoms with E-state index >= 15 is 0 Å². The molecule has 9 nitrogen and oxygen atoms in total. The van der Waals surface area contributed by atoms with E-state index in [-0.39, 0.29) is 30.3 Å². The van der Waals surface area contributed by atoms with Crippen LogP contribution < -0.4 is 19.1 Å². The van der Waals surface area contributed by atoms with Gasteiger partial charge in [-0.1, -0.05) is 59.6 Å². The van der Waals surface area contributed by atoms with Gasteiger partial charge in [0, 0.05) is 24.6 Å². The number of carbonyl (C=O) groups excluding carboxylic acids is 2. The fourth-order valence-corrected chi connectivity index (χ4v) is 6.12. The van der Waals surface area contributed by atoms with E-state index in [4.69, 9.17) is 32.7 Å². The van der Waals surface area contributed by atoms with Gasteiger partial charge in [0.2, 0.25) is 21.8 Å². The Bertz CT molecular complexity index is 1600. The van der Waals surface area contributed by atoms with E-state index in [0.717, 1.165) is 9.87 Å². The van der Waals surface area contributed by atoms with Gasteiger partial charge in [-0.05, 0) is 63.1 Å². The molecule has 0 spiro atoms. The molecule has 0 bridgehead atoms. The Kier molecular flexibility index (Phi) is 10.7. The molecule has 0 unspecified atom stereocenters. The van der Waals surface area contributed by atoms with Crippen LogP contribution in [-0.4, -0.2) is 62.2 Å². The molecule has 3 aromatic rings. The van der Waals surface area contributed by atoms with Crippen molar-refractivity contribution in [3.05, 3.63) is 87.9 Å². The third-order valence-electron chi connectivity index (χ3n) is 6.90. The fraction of sp³-hybridized carbons (Fsp3) is 0.375. The molecule has 0 saturated heterocycles. The highest BCUT2D eigenvalue weighted by Crippen LogP contribution is 2.35. The average molecular weight is 663 g/mol. The summed E-state index contributed by atoms with van der Waals surface area (Å²) in [5.41, 5.74) is 1.11. The van der Waals surface area contributed by atoms with Crippen LogP contribution in [-0.2, 0) is 32.6 Å². The highest BCUT2D eigenvalue weighted by molar-refractivity contribution is 7.92. The molecule has 44 heavy (non-hydrogen) atoms. The number of hydrogen-bond donors (Lipinski definition) is 1. The van der Waals surface area contributed by atoms with E-state index in [9.17, 15) is 18.0 Å². The first-order chi connectivity index (χ1) is 20.8. The van der Waals surface area contributed by atoms with Gasteiger partial charge < -0.3 is 19.7 Å². The second-order valence-corrected chi connectivity index (χ2v) is 14.4. The topological polar surface area (TPSA) is 105 Å². The van der Waals surface area contributed by atoms with Crippen molar-refractivity contribution in [2.24, 2.45) is 0 Å². The summed E-state index contributed by atoms with van der Waals surface area (Å²) in [6, 6.07) is 18.1. The smallest absolute Gasteiger partial charge is 0.244 e. The number of halogens is 2. The van der Waals surface area contributed by atoms with Crippen molar-refractivity contribution in [2.75, 3.05) is 29.8 Å². The highest BCUT2D eigenvalue weighted by atomic mass is 35.5. The van der Waals surface area contributed by atoms with Crippen molar-refractivity contribution in [3.63, 3.8) is 0 Å². The molecule has 1 aliphatic heterocycles. The number of anilines is 1. The molecule has 12 heteroatoms. The van der Waals surface area contributed by atoms with Crippen LogP contribution in [0.25, 0.3) is 0 Å². The fourth-order valence-electron chi connectivity index (χ4n) is 4.75. The van der Waals surface area contributed by atoms with E-state index in [1.807, 2.05) is 51.1 Å². The normalized spacial score (nSPS) is 13.6. The van der Waals surface area contributed by atoms with Crippen LogP contribution in [0.2, 0.25) is 10.0 Å². The number of ether oxygens (including phenoxy) is 2. The average Bonchev–Trinajstić information content (AvgIpc) is 2.98. The lowest BCUT2D eigenvalue weighted by Gasteiger charge is -2.35. The molecule has 0 aromatic heterocycles. The summed E-state index contributed by atoms with van der Waals surface area (Å²) in [4.78, 5) is 29.6. The quantitative estimate of drug-likeness (QED) is 0.292. The largest absolute Gasteiger partial charge is 0.486 e. The lowest BCUT2D eigenvalue weighted by atomic mass is 10.0. The van der Waals surface area contributed by atoms with Gasteiger partial charge in [0.1, 0.15) is 25.8 Å². The number of hydrogen-bond acceptors (Lipinski definition) is 6. The first-order valence-electron chi connectivity index (χ1n) is 14.3. The Balaban J connectivity index is 1.78. The second kappa shape index (κ2) is 14.1. The minimum absolute atomic E-state index is 0.0219. The van der Waals surface area contributed by atoms with Gasteiger partial charge in [-0.2, -0.15) is 0 Å². The van der Waals surface area contributed by atoms with Crippen molar-refractivity contribution in [1.82, 2.24) is 10.2 Å². The SMILES string of the molecule is CCS(=O)(=O)N(CC(=O)N(Cc1ccc(Cl)c(Cl)c1)[C@H](Cc1ccccc1)C(=O)NC(C)(C)C)c1ccc2c(c1)OCCO2. The van der Waals surface area contributed by atoms with E-state index in [0.29, 0.717) is 40.3 Å². The zero-order chi connectivity index (χ0) is 32.1. The second-order valence-electron chi connectivity index (χ2n) is 11.5. The van der Waals surface area contributed by atoms with E-state index < -0.39 is 34.1 Å². The van der Waals surface area contributed by atoms with Gasteiger partial charge >= 0.3 is 0 Å². The molecule has 0 aliphatic carbocycles. The Hall–Kier alpha value is -3.47. The number of rotatable bonds is 11. The van der Waals surface area contributed by atoms with Crippen molar-refractivity contribution in [1.29, 1.82) is 0 Å². The lowest BCUT2D eigenvalue weighted by Crippen LogP contribution is -2.56. The maximum Gasteiger partial charge on any atom is 0.244 e. The van der Waals surface area contributed by atoms with E-state index in [1.165, 1.54) is 11.8 Å². The zero-order valence-electron chi connectivity index (χ0n) is 25.2. The van der Waals surface area contributed by atoms with Gasteiger partial charge in [-0.25, -0.2) is 8.42 Å². The molecule has 1 heterocycles. The summed E-state index contributed by atoms with van der Waals surface area (Å²) in [5.74, 6) is -0.328. The van der Waals surface area contributed by atoms with Crippen LogP contribution in [0.3, 0.4) is 0 Å². The van der Waals surface area contributed by atoms with E-state index in [2.05, 4.69) is 5.32 Å². The number of fused-ring (bicyclic) bond motifs is 1. The number of sulfonamides is 1. The van der Waals surface area contributed by atoms with Gasteiger partial charge in [0.15, 0.2) is 11.5 Å². The number of carbonyl (C=O) groups is 2. The van der Waals surface area contributed by atoms with Crippen LogP contribution >= 0.6 is 23.2 Å². The summed E-state index contributed by atoms with van der Waals surface area (Å²) >= 11 is 12.5. The molecule has 1 atom stereocenters. The molecule has 1 N–H and O–H groups in total. The lowest BCUT2D eigenvalue weighted by molar-refractivity contribution is -0.140. The van der Waals surface area contributed by atoms with Gasteiger partial charge in [-0.3, -0.25) is 13.9 Å². The minimum Gasteiger partial charge on any atom is -0.486 e. The summed E-state index contributed by atoms with van der Waals surface area (Å²) < 4.78 is 39.2. The minimum atomic E-state index is -3.94. The molecule has 236 valence electrons. The van der Waals surface area contributed by atoms with Crippen molar-refractivity contribution in [3.8, 4) is 11.5 Å². The Morgan fingerprint density at radius 3 is 2.23 bits per heavy atom. The number of amides is 2. The van der Waals surface area contributed by atoms with Crippen LogP contribution in [0, 0.1) is 0 Å². The van der Waals surface area contributed by atoms with Gasteiger partial charge in [0.05, 0.1) is 21.5 Å². The maximum absolute atomic E-state index is 14.4. The summed E-state index contributed by atoms with van der Waals surface area (Å²) in [6.07, 6.45) is 0.195. The predicted molar refractivity (Wildman–Crippen MR) is 173 cm³/mol. The standard InChI is InChI=1S/C32H37Cl2N3O6S/c1-5-44(40,41)37(24-12-14-28-29(19-24)43-16-15-42-28)21-30(38)36(20-23-11-13-25(33)26(34)17-23)27(31(39)35-32(2,3)4)18-22-9-7-6-8-10-22/h6-14,17,19,27H,5,15-16,18,20-21H2,1-4H3,(H,35,39)/t27-/m1/s1. The maximum atomic E-state index is 14.4. The van der Waals surface area contributed by atoms with Crippen molar-refractivity contribution < 1.29 is 27.5 Å². The molecule has 3 aromatic carbocycles. The van der Waals surface area contributed by atoms with Gasteiger partial charge in [0.25, 0.3) is 0 Å². The van der Waals surface area contributed by atoms with Gasteiger partial charge in [-0.15, -0.1) is 0 Å². The number of nitrogens with zero attached hydrogens (tertiary/aromatic N) is 2. The highest BCUT2D eigenvalue weighted by Gasteiger charge is 2.35. The first kappa shape index (κ1) is 33.4. The van der Waals surface area contributed by atoms with Crippen LogP contribution in [0.5, 0.6) is 11.5 Å². The number of benzene rings is 3. The van der Waals surface area contributed by atoms with Crippen LogP contribution in [0.15, 0.2) is 66.7 Å². The number of nitrogens with one attached hydrogen (secondary N) is 1. The summed E-state index contributed by atoms with van der Waals surface area (Å²) in [7, 11) is -3.94. The zero-order valence-corrected chi connectivity index (χ0v) is 27.5. The van der Waals surface area contributed by atoms with Crippen LogP contribution in [0.1, 0.15) is 38.8 Å². The summed E-state index contributed by atoms with van der Waals surface area (Å²) in [6.45, 7) is 7.19. The Morgan fingerprint density at radius 2 is 1.59 bits per heavy atom. The molecule has 0 radical (unpaired) electrons. The van der Waals surface area contributed by atoms with Crippen LogP contribution in [0.4, 0.5) is 5.69 Å². The Morgan fingerprint density at radius 1 is 0.909 bits per heavy atom. The third kappa shape index (κ3) is 8.58. The Labute approximate surface area is 269 Å². The molecule has 2 amide bonds. The molecule has 4 rings (SSSR count). The molecular weight excluding hydrogens is 625 g/mol. The third-order valence-corrected chi connectivity index (χ3v) is 9.38. The molecule has 1 aliphatic rings. The first-order valence-corrected chi connectivity index (χ1v) is 16.6. The summed E-state index contributed by atoms with van der Waals surface area (Å²) in [5, 5.41) is 3.64. The molecule has 0 saturated carbocycles. The molecular formula is C32H37Cl2N3O6S. The molecule has 0 fully saturated rings. The predicted octanol–water partition coefficient (Wildman–Crippen LogP) is 5.48. The van der Waals surface area contributed by atoms with Crippen molar-refractivity contribution in [2.45, 2.75) is 52.2 Å². The monoisotopic (exact) mass is 661 g/mol. The van der Waals surface area contributed by atoms with Crippen molar-refractivity contribution >= 4 is 50.7 Å². The van der Waals surface area contributed by atoms with E-state index in [1.54, 1.807) is 36.4 Å².